The molecule has 0 radical (unpaired) electrons. The number of H-pyrrole nitrogens is 1. The number of aromatic amines is 1. The molecular weight excluding hydrogens is 427 g/mol. The monoisotopic (exact) mass is 454 g/mol. The number of aromatic hydroxyl groups is 1. The summed E-state index contributed by atoms with van der Waals surface area (Å²) in [6, 6.07) is 3.29. The summed E-state index contributed by atoms with van der Waals surface area (Å²) in [5.74, 6) is 0.0948. The number of anilines is 1. The smallest absolute Gasteiger partial charge is 0.347 e. The van der Waals surface area contributed by atoms with Gasteiger partial charge in [0.2, 0.25) is 5.88 Å². The van der Waals surface area contributed by atoms with Gasteiger partial charge in [0.05, 0.1) is 19.2 Å². The van der Waals surface area contributed by atoms with Gasteiger partial charge in [-0.3, -0.25) is 0 Å². The van der Waals surface area contributed by atoms with Crippen molar-refractivity contribution in [1.29, 1.82) is 0 Å². The van der Waals surface area contributed by atoms with Gasteiger partial charge in [-0.25, -0.2) is 14.2 Å². The predicted molar refractivity (Wildman–Crippen MR) is 123 cm³/mol. The second kappa shape index (κ2) is 8.62. The van der Waals surface area contributed by atoms with Crippen molar-refractivity contribution >= 4 is 16.7 Å². The molecule has 2 N–H and O–H groups in total. The number of fused-ring (bicyclic) bond motifs is 2. The Hall–Kier alpha value is -3.20. The minimum Gasteiger partial charge on any atom is -0.508 e. The molecule has 1 unspecified atom stereocenters. The molecule has 3 aromatic rings. The van der Waals surface area contributed by atoms with Crippen LogP contribution in [0.2, 0.25) is 0 Å². The lowest BCUT2D eigenvalue weighted by atomic mass is 9.80. The van der Waals surface area contributed by atoms with Gasteiger partial charge in [-0.1, -0.05) is 6.92 Å². The molecule has 0 saturated carbocycles. The van der Waals surface area contributed by atoms with E-state index in [9.17, 15) is 9.90 Å². The highest BCUT2D eigenvalue weighted by Crippen LogP contribution is 2.43. The van der Waals surface area contributed by atoms with Crippen molar-refractivity contribution in [3.63, 3.8) is 0 Å². The standard InChI is InChI=1S/C24H27FN4O4/c1-13-5-3-6-14-11-15(30)12-16(17(13)14)20-19(25)21-18(23(26-20)32-2)22(28-24(31)27-21)29-7-4-9-33-10-8-29/h11-13,30H,3-10H2,1-2H3,(H,27,28,31). The fourth-order valence-corrected chi connectivity index (χ4v) is 5.09. The number of methoxy groups -OCH3 is 1. The maximum absolute atomic E-state index is 16.1. The molecule has 5 rings (SSSR count). The summed E-state index contributed by atoms with van der Waals surface area (Å²) in [6.45, 7) is 4.34. The molecule has 0 bridgehead atoms. The van der Waals surface area contributed by atoms with Crippen LogP contribution in [0.3, 0.4) is 0 Å². The lowest BCUT2D eigenvalue weighted by Crippen LogP contribution is -2.30. The number of rotatable bonds is 3. The van der Waals surface area contributed by atoms with E-state index in [0.717, 1.165) is 36.8 Å². The van der Waals surface area contributed by atoms with E-state index in [4.69, 9.17) is 9.47 Å². The lowest BCUT2D eigenvalue weighted by Gasteiger charge is -2.26. The van der Waals surface area contributed by atoms with Gasteiger partial charge in [-0.05, 0) is 54.9 Å². The predicted octanol–water partition coefficient (Wildman–Crippen LogP) is 3.50. The summed E-state index contributed by atoms with van der Waals surface area (Å²) in [7, 11) is 1.46. The third-order valence-corrected chi connectivity index (χ3v) is 6.56. The van der Waals surface area contributed by atoms with E-state index in [1.54, 1.807) is 12.1 Å². The second-order valence-electron chi connectivity index (χ2n) is 8.71. The Labute approximate surface area is 190 Å². The first-order valence-corrected chi connectivity index (χ1v) is 11.3. The number of aryl methyl sites for hydroxylation is 1. The van der Waals surface area contributed by atoms with Gasteiger partial charge < -0.3 is 24.5 Å². The Morgan fingerprint density at radius 2 is 2.09 bits per heavy atom. The van der Waals surface area contributed by atoms with Crippen LogP contribution in [0.5, 0.6) is 11.6 Å². The summed E-state index contributed by atoms with van der Waals surface area (Å²) in [4.78, 5) is 25.7. The van der Waals surface area contributed by atoms with Crippen LogP contribution < -0.4 is 15.3 Å². The number of ether oxygens (including phenoxy) is 2. The number of phenolic OH excluding ortho intramolecular Hbond substituents is 1. The van der Waals surface area contributed by atoms with E-state index in [-0.39, 0.29) is 28.8 Å². The molecule has 1 atom stereocenters. The fourth-order valence-electron chi connectivity index (χ4n) is 5.09. The minimum atomic E-state index is -0.664. The lowest BCUT2D eigenvalue weighted by molar-refractivity contribution is 0.152. The van der Waals surface area contributed by atoms with E-state index >= 15 is 4.39 Å². The van der Waals surface area contributed by atoms with Crippen LogP contribution in [-0.2, 0) is 11.2 Å². The van der Waals surface area contributed by atoms with Crippen LogP contribution in [0.1, 0.15) is 43.2 Å². The Morgan fingerprint density at radius 1 is 1.24 bits per heavy atom. The van der Waals surface area contributed by atoms with Crippen LogP contribution in [0.25, 0.3) is 22.2 Å². The fraction of sp³-hybridized carbons (Fsp3) is 0.458. The first-order valence-electron chi connectivity index (χ1n) is 11.3. The van der Waals surface area contributed by atoms with Crippen LogP contribution >= 0.6 is 0 Å². The molecule has 1 saturated heterocycles. The number of nitrogens with one attached hydrogen (secondary N) is 1. The van der Waals surface area contributed by atoms with Gasteiger partial charge in [0.15, 0.2) is 5.82 Å². The van der Waals surface area contributed by atoms with Gasteiger partial charge in [0.1, 0.15) is 22.6 Å². The van der Waals surface area contributed by atoms with Crippen molar-refractivity contribution < 1.29 is 19.0 Å². The number of hydrogen-bond acceptors (Lipinski definition) is 7. The number of aromatic nitrogens is 3. The van der Waals surface area contributed by atoms with Crippen molar-refractivity contribution in [1.82, 2.24) is 15.0 Å². The molecule has 2 aromatic heterocycles. The average Bonchev–Trinajstić information content (AvgIpc) is 3.08. The second-order valence-corrected chi connectivity index (χ2v) is 8.71. The molecule has 3 heterocycles. The summed E-state index contributed by atoms with van der Waals surface area (Å²) >= 11 is 0. The summed E-state index contributed by atoms with van der Waals surface area (Å²) in [5, 5.41) is 10.7. The number of hydrogen-bond donors (Lipinski definition) is 2. The topological polar surface area (TPSA) is 101 Å². The van der Waals surface area contributed by atoms with Gasteiger partial charge >= 0.3 is 5.69 Å². The summed E-state index contributed by atoms with van der Waals surface area (Å²) in [6.07, 6.45) is 3.56. The van der Waals surface area contributed by atoms with E-state index in [0.29, 0.717) is 43.1 Å². The zero-order valence-electron chi connectivity index (χ0n) is 18.8. The normalized spacial score (nSPS) is 18.8. The summed E-state index contributed by atoms with van der Waals surface area (Å²) < 4.78 is 27.2. The highest BCUT2D eigenvalue weighted by atomic mass is 19.1. The summed E-state index contributed by atoms with van der Waals surface area (Å²) in [5.41, 5.74) is 1.90. The quantitative estimate of drug-likeness (QED) is 0.625. The van der Waals surface area contributed by atoms with Gasteiger partial charge in [0, 0.05) is 25.3 Å². The first-order chi connectivity index (χ1) is 16.0. The first kappa shape index (κ1) is 21.6. The third kappa shape index (κ3) is 3.80. The molecule has 1 fully saturated rings. The van der Waals surface area contributed by atoms with Crippen LogP contribution in [0.15, 0.2) is 16.9 Å². The third-order valence-electron chi connectivity index (χ3n) is 6.56. The molecule has 1 aliphatic carbocycles. The van der Waals surface area contributed by atoms with Crippen molar-refractivity contribution in [3.8, 4) is 22.9 Å². The molecule has 1 aromatic carbocycles. The molecule has 0 spiro atoms. The molecule has 8 nitrogen and oxygen atoms in total. The molecule has 2 aliphatic rings. The maximum Gasteiger partial charge on any atom is 0.347 e. The molecule has 1 aliphatic heterocycles. The van der Waals surface area contributed by atoms with E-state index < -0.39 is 11.5 Å². The van der Waals surface area contributed by atoms with Crippen molar-refractivity contribution in [2.75, 3.05) is 38.3 Å². The zero-order valence-corrected chi connectivity index (χ0v) is 18.8. The number of phenols is 1. The van der Waals surface area contributed by atoms with Crippen LogP contribution in [0, 0.1) is 5.82 Å². The van der Waals surface area contributed by atoms with E-state index in [1.807, 2.05) is 4.90 Å². The maximum atomic E-state index is 16.1. The SMILES string of the molecule is COc1nc(-c2cc(O)cc3c2C(C)CCC3)c(F)c2[nH]c(=O)nc(N3CCCOCC3)c12. The molecular formula is C24H27FN4O4. The average molecular weight is 455 g/mol. The Morgan fingerprint density at radius 3 is 2.91 bits per heavy atom. The molecule has 0 amide bonds. The van der Waals surface area contributed by atoms with Crippen molar-refractivity contribution in [2.24, 2.45) is 0 Å². The van der Waals surface area contributed by atoms with E-state index in [2.05, 4.69) is 21.9 Å². The Bertz CT molecular complexity index is 1270. The Balaban J connectivity index is 1.78. The number of benzene rings is 1. The Kier molecular flexibility index (Phi) is 5.65. The van der Waals surface area contributed by atoms with Gasteiger partial charge in [-0.15, -0.1) is 0 Å². The van der Waals surface area contributed by atoms with Crippen LogP contribution in [0.4, 0.5) is 10.2 Å². The highest BCUT2D eigenvalue weighted by molar-refractivity contribution is 5.96. The molecule has 33 heavy (non-hydrogen) atoms. The molecule has 174 valence electrons. The van der Waals surface area contributed by atoms with Crippen molar-refractivity contribution in [3.05, 3.63) is 39.6 Å². The van der Waals surface area contributed by atoms with Crippen LogP contribution in [-0.4, -0.2) is 53.5 Å². The largest absolute Gasteiger partial charge is 0.508 e. The highest BCUT2D eigenvalue weighted by Gasteiger charge is 2.28. The number of nitrogens with zero attached hydrogens (tertiary/aromatic N) is 3. The van der Waals surface area contributed by atoms with Gasteiger partial charge in [-0.2, -0.15) is 4.98 Å². The minimum absolute atomic E-state index is 0.00225. The zero-order chi connectivity index (χ0) is 23.1. The number of pyridine rings is 1. The number of halogens is 1. The van der Waals surface area contributed by atoms with Gasteiger partial charge in [0.25, 0.3) is 0 Å². The van der Waals surface area contributed by atoms with E-state index in [1.165, 1.54) is 7.11 Å². The molecule has 9 heteroatoms. The van der Waals surface area contributed by atoms with Crippen molar-refractivity contribution in [2.45, 2.75) is 38.5 Å².